The second kappa shape index (κ2) is 8.25. The second-order valence-corrected chi connectivity index (χ2v) is 6.68. The fraction of sp³-hybridized carbons (Fsp3) is 0.500. The highest BCUT2D eigenvalue weighted by Crippen LogP contribution is 2.25. The van der Waals surface area contributed by atoms with Gasteiger partial charge < -0.3 is 10.1 Å². The fourth-order valence-electron chi connectivity index (χ4n) is 2.68. The standard InChI is InChI=1S/C16H21N5O2S/c1-12(13-5-3-2-4-6-13)17-15(22)11-24-16-18-19-20-21(16)14-7-9-23-10-8-14/h2-6,12,14H,7-11H2,1H3,(H,17,22)/t12-/m0/s1. The van der Waals surface area contributed by atoms with Crippen molar-refractivity contribution in [1.82, 2.24) is 25.5 Å². The summed E-state index contributed by atoms with van der Waals surface area (Å²) in [5.74, 6) is 0.263. The van der Waals surface area contributed by atoms with Crippen LogP contribution in [-0.2, 0) is 9.53 Å². The maximum absolute atomic E-state index is 12.2. The zero-order valence-corrected chi connectivity index (χ0v) is 14.4. The first-order chi connectivity index (χ1) is 11.7. The average Bonchev–Trinajstić information content (AvgIpc) is 3.10. The Bertz CT molecular complexity index is 657. The maximum atomic E-state index is 12.2. The van der Waals surface area contributed by atoms with Crippen molar-refractivity contribution in [2.24, 2.45) is 0 Å². The fourth-order valence-corrected chi connectivity index (χ4v) is 3.43. The summed E-state index contributed by atoms with van der Waals surface area (Å²) < 4.78 is 7.19. The second-order valence-electron chi connectivity index (χ2n) is 5.74. The van der Waals surface area contributed by atoms with Gasteiger partial charge in [0.25, 0.3) is 0 Å². The largest absolute Gasteiger partial charge is 0.381 e. The Morgan fingerprint density at radius 2 is 2.12 bits per heavy atom. The minimum absolute atomic E-state index is 0.0224. The molecule has 1 saturated heterocycles. The Morgan fingerprint density at radius 1 is 1.38 bits per heavy atom. The first-order valence-corrected chi connectivity index (χ1v) is 9.05. The van der Waals surface area contributed by atoms with E-state index in [0.717, 1.165) is 31.6 Å². The molecule has 1 amide bonds. The van der Waals surface area contributed by atoms with Crippen molar-refractivity contribution in [2.45, 2.75) is 37.0 Å². The van der Waals surface area contributed by atoms with Crippen molar-refractivity contribution in [3.63, 3.8) is 0 Å². The molecule has 8 heteroatoms. The Hall–Kier alpha value is -1.93. The molecule has 128 valence electrons. The van der Waals surface area contributed by atoms with E-state index in [4.69, 9.17) is 4.74 Å². The van der Waals surface area contributed by atoms with E-state index < -0.39 is 0 Å². The molecule has 2 aromatic rings. The van der Waals surface area contributed by atoms with Crippen LogP contribution in [0.5, 0.6) is 0 Å². The van der Waals surface area contributed by atoms with E-state index in [1.165, 1.54) is 11.8 Å². The van der Waals surface area contributed by atoms with Crippen molar-refractivity contribution in [1.29, 1.82) is 0 Å². The van der Waals surface area contributed by atoms with Crippen LogP contribution in [0, 0.1) is 0 Å². The van der Waals surface area contributed by atoms with Gasteiger partial charge in [0.1, 0.15) is 0 Å². The first-order valence-electron chi connectivity index (χ1n) is 8.07. The number of ether oxygens (including phenoxy) is 1. The molecule has 24 heavy (non-hydrogen) atoms. The van der Waals surface area contributed by atoms with Gasteiger partial charge in [-0.05, 0) is 35.8 Å². The molecule has 1 aromatic heterocycles. The zero-order chi connectivity index (χ0) is 16.8. The molecule has 0 saturated carbocycles. The summed E-state index contributed by atoms with van der Waals surface area (Å²) in [6, 6.07) is 10.1. The molecule has 0 spiro atoms. The normalized spacial score (nSPS) is 16.7. The van der Waals surface area contributed by atoms with E-state index in [9.17, 15) is 4.79 Å². The van der Waals surface area contributed by atoms with Gasteiger partial charge in [0.05, 0.1) is 17.8 Å². The number of aromatic nitrogens is 4. The van der Waals surface area contributed by atoms with Crippen LogP contribution >= 0.6 is 11.8 Å². The van der Waals surface area contributed by atoms with Gasteiger partial charge in [-0.3, -0.25) is 4.79 Å². The van der Waals surface area contributed by atoms with Crippen LogP contribution in [-0.4, -0.2) is 45.1 Å². The number of carbonyl (C=O) groups is 1. The number of hydrogen-bond acceptors (Lipinski definition) is 6. The van der Waals surface area contributed by atoms with Crippen molar-refractivity contribution >= 4 is 17.7 Å². The quantitative estimate of drug-likeness (QED) is 0.805. The number of thioether (sulfide) groups is 1. The number of amides is 1. The predicted octanol–water partition coefficient (Wildman–Crippen LogP) is 1.99. The lowest BCUT2D eigenvalue weighted by molar-refractivity contribution is -0.119. The Balaban J connectivity index is 1.52. The molecule has 0 radical (unpaired) electrons. The van der Waals surface area contributed by atoms with Crippen LogP contribution in [0.4, 0.5) is 0 Å². The molecular weight excluding hydrogens is 326 g/mol. The predicted molar refractivity (Wildman–Crippen MR) is 90.6 cm³/mol. The van der Waals surface area contributed by atoms with Crippen LogP contribution in [0.25, 0.3) is 0 Å². The van der Waals surface area contributed by atoms with E-state index in [-0.39, 0.29) is 18.0 Å². The van der Waals surface area contributed by atoms with Gasteiger partial charge in [-0.15, -0.1) is 5.10 Å². The molecule has 0 aliphatic carbocycles. The van der Waals surface area contributed by atoms with Gasteiger partial charge in [-0.25, -0.2) is 4.68 Å². The molecule has 1 N–H and O–H groups in total. The highest BCUT2D eigenvalue weighted by atomic mass is 32.2. The summed E-state index contributed by atoms with van der Waals surface area (Å²) in [6.45, 7) is 3.43. The van der Waals surface area contributed by atoms with E-state index in [1.807, 2.05) is 41.9 Å². The van der Waals surface area contributed by atoms with Crippen LogP contribution in [0.3, 0.4) is 0 Å². The molecule has 1 aromatic carbocycles. The lowest BCUT2D eigenvalue weighted by atomic mass is 10.1. The molecule has 0 unspecified atom stereocenters. The van der Waals surface area contributed by atoms with E-state index >= 15 is 0 Å². The minimum atomic E-state index is -0.0297. The summed E-state index contributed by atoms with van der Waals surface area (Å²) >= 11 is 1.37. The molecule has 7 nitrogen and oxygen atoms in total. The number of benzene rings is 1. The molecule has 2 heterocycles. The number of nitrogens with one attached hydrogen (secondary N) is 1. The topological polar surface area (TPSA) is 81.9 Å². The van der Waals surface area contributed by atoms with Crippen molar-refractivity contribution in [3.05, 3.63) is 35.9 Å². The third-order valence-corrected chi connectivity index (χ3v) is 4.94. The summed E-state index contributed by atoms with van der Waals surface area (Å²) in [5, 5.41) is 15.6. The number of rotatable bonds is 6. The van der Waals surface area contributed by atoms with Crippen molar-refractivity contribution < 1.29 is 9.53 Å². The first kappa shape index (κ1) is 16.9. The number of hydrogen-bond donors (Lipinski definition) is 1. The molecule has 3 rings (SSSR count). The van der Waals surface area contributed by atoms with Gasteiger partial charge in [-0.2, -0.15) is 0 Å². The lowest BCUT2D eigenvalue weighted by Crippen LogP contribution is -2.28. The summed E-state index contributed by atoms with van der Waals surface area (Å²) in [4.78, 5) is 12.2. The minimum Gasteiger partial charge on any atom is -0.381 e. The zero-order valence-electron chi connectivity index (χ0n) is 13.6. The highest BCUT2D eigenvalue weighted by Gasteiger charge is 2.21. The maximum Gasteiger partial charge on any atom is 0.230 e. The molecule has 1 aliphatic heterocycles. The Labute approximate surface area is 145 Å². The molecule has 1 fully saturated rings. The van der Waals surface area contributed by atoms with Crippen LogP contribution in [0.15, 0.2) is 35.5 Å². The molecule has 1 aliphatic rings. The van der Waals surface area contributed by atoms with Crippen LogP contribution < -0.4 is 5.32 Å². The van der Waals surface area contributed by atoms with Gasteiger partial charge in [0, 0.05) is 13.2 Å². The summed E-state index contributed by atoms with van der Waals surface area (Å²) in [6.07, 6.45) is 1.80. The van der Waals surface area contributed by atoms with Crippen molar-refractivity contribution in [3.8, 4) is 0 Å². The van der Waals surface area contributed by atoms with Crippen LogP contribution in [0.2, 0.25) is 0 Å². The lowest BCUT2D eigenvalue weighted by Gasteiger charge is -2.22. The van der Waals surface area contributed by atoms with Gasteiger partial charge in [-0.1, -0.05) is 42.1 Å². The summed E-state index contributed by atoms with van der Waals surface area (Å²) in [5.41, 5.74) is 1.09. The van der Waals surface area contributed by atoms with E-state index in [2.05, 4.69) is 20.8 Å². The van der Waals surface area contributed by atoms with Crippen LogP contribution in [0.1, 0.15) is 37.4 Å². The van der Waals surface area contributed by atoms with Gasteiger partial charge >= 0.3 is 0 Å². The number of carbonyl (C=O) groups excluding carboxylic acids is 1. The third-order valence-electron chi connectivity index (χ3n) is 4.01. The third kappa shape index (κ3) is 4.33. The molecule has 1 atom stereocenters. The number of nitrogens with zero attached hydrogens (tertiary/aromatic N) is 4. The number of tetrazole rings is 1. The Kier molecular flexibility index (Phi) is 5.81. The smallest absolute Gasteiger partial charge is 0.230 e. The average molecular weight is 347 g/mol. The van der Waals surface area contributed by atoms with E-state index in [0.29, 0.717) is 10.9 Å². The van der Waals surface area contributed by atoms with E-state index in [1.54, 1.807) is 0 Å². The summed E-state index contributed by atoms with van der Waals surface area (Å²) in [7, 11) is 0. The van der Waals surface area contributed by atoms with Gasteiger partial charge in [0.15, 0.2) is 0 Å². The molecule has 0 bridgehead atoms. The Morgan fingerprint density at radius 3 is 2.88 bits per heavy atom. The monoisotopic (exact) mass is 347 g/mol. The highest BCUT2D eigenvalue weighted by molar-refractivity contribution is 7.99. The SMILES string of the molecule is C[C@H](NC(=O)CSc1nnnn1C1CCOCC1)c1ccccc1. The van der Waals surface area contributed by atoms with Crippen molar-refractivity contribution in [2.75, 3.05) is 19.0 Å². The molecular formula is C16H21N5O2S. The van der Waals surface area contributed by atoms with Gasteiger partial charge in [0.2, 0.25) is 11.1 Å².